The van der Waals surface area contributed by atoms with Crippen LogP contribution in [0.15, 0.2) is 30.5 Å². The quantitative estimate of drug-likeness (QED) is 0.831. The second kappa shape index (κ2) is 5.23. The van der Waals surface area contributed by atoms with E-state index in [1.54, 1.807) is 0 Å². The van der Waals surface area contributed by atoms with Crippen molar-refractivity contribution in [2.75, 3.05) is 18.5 Å². The molecule has 0 radical (unpaired) electrons. The van der Waals surface area contributed by atoms with Gasteiger partial charge in [0, 0.05) is 36.7 Å². The van der Waals surface area contributed by atoms with Gasteiger partial charge in [-0.15, -0.1) is 0 Å². The van der Waals surface area contributed by atoms with Gasteiger partial charge in [-0.05, 0) is 25.8 Å². The molecule has 2 rings (SSSR count). The molecule has 0 saturated carbocycles. The minimum Gasteiger partial charge on any atom is -0.373 e. The first-order valence-corrected chi connectivity index (χ1v) is 6.21. The average molecular weight is 231 g/mol. The molecule has 0 amide bonds. The van der Waals surface area contributed by atoms with Crippen LogP contribution in [-0.4, -0.2) is 24.6 Å². The van der Waals surface area contributed by atoms with Crippen molar-refractivity contribution in [2.24, 2.45) is 5.73 Å². The molecule has 0 aliphatic heterocycles. The van der Waals surface area contributed by atoms with Crippen LogP contribution < -0.4 is 10.6 Å². The second-order valence-electron chi connectivity index (χ2n) is 4.76. The standard InChI is InChI=1S/C14H21N3/c1-11(15)6-5-9-17(2)14-10-16-13-8-4-3-7-12(13)14/h3-4,7-8,10-11,16H,5-6,9,15H2,1-2H3. The van der Waals surface area contributed by atoms with E-state index in [0.717, 1.165) is 19.4 Å². The lowest BCUT2D eigenvalue weighted by molar-refractivity contribution is 0.622. The smallest absolute Gasteiger partial charge is 0.0621 e. The minimum atomic E-state index is 0.298. The number of H-pyrrole nitrogens is 1. The molecule has 17 heavy (non-hydrogen) atoms. The number of nitrogens with two attached hydrogens (primary N) is 1. The number of nitrogens with zero attached hydrogens (tertiary/aromatic N) is 1. The van der Waals surface area contributed by atoms with Gasteiger partial charge in [0.25, 0.3) is 0 Å². The van der Waals surface area contributed by atoms with Crippen molar-refractivity contribution in [2.45, 2.75) is 25.8 Å². The maximum absolute atomic E-state index is 5.76. The van der Waals surface area contributed by atoms with Gasteiger partial charge in [0.15, 0.2) is 0 Å². The Kier molecular flexibility index (Phi) is 3.69. The molecule has 1 unspecified atom stereocenters. The van der Waals surface area contributed by atoms with Gasteiger partial charge in [0.05, 0.1) is 5.69 Å². The highest BCUT2D eigenvalue weighted by molar-refractivity contribution is 5.92. The monoisotopic (exact) mass is 231 g/mol. The third-order valence-corrected chi connectivity index (χ3v) is 3.13. The normalized spacial score (nSPS) is 12.9. The fraction of sp³-hybridized carbons (Fsp3) is 0.429. The molecule has 0 aliphatic rings. The summed E-state index contributed by atoms with van der Waals surface area (Å²) < 4.78 is 0. The number of aromatic amines is 1. The lowest BCUT2D eigenvalue weighted by atomic mass is 10.2. The van der Waals surface area contributed by atoms with Crippen molar-refractivity contribution in [1.82, 2.24) is 4.98 Å². The molecule has 1 atom stereocenters. The largest absolute Gasteiger partial charge is 0.373 e. The highest BCUT2D eigenvalue weighted by atomic mass is 15.1. The van der Waals surface area contributed by atoms with E-state index in [2.05, 4.69) is 54.3 Å². The first-order valence-electron chi connectivity index (χ1n) is 6.21. The third-order valence-electron chi connectivity index (χ3n) is 3.13. The SMILES string of the molecule is CC(N)CCCN(C)c1c[nH]c2ccccc12. The van der Waals surface area contributed by atoms with E-state index in [4.69, 9.17) is 5.73 Å². The van der Waals surface area contributed by atoms with Gasteiger partial charge in [-0.2, -0.15) is 0 Å². The summed E-state index contributed by atoms with van der Waals surface area (Å²) in [6.45, 7) is 3.11. The van der Waals surface area contributed by atoms with E-state index in [-0.39, 0.29) is 0 Å². The van der Waals surface area contributed by atoms with Crippen LogP contribution >= 0.6 is 0 Å². The number of para-hydroxylation sites is 1. The zero-order chi connectivity index (χ0) is 12.3. The maximum Gasteiger partial charge on any atom is 0.0621 e. The van der Waals surface area contributed by atoms with Gasteiger partial charge in [0.2, 0.25) is 0 Å². The number of hydrogen-bond donors (Lipinski definition) is 2. The summed E-state index contributed by atoms with van der Waals surface area (Å²) in [6.07, 6.45) is 4.29. The zero-order valence-electron chi connectivity index (χ0n) is 10.6. The Hall–Kier alpha value is -1.48. The van der Waals surface area contributed by atoms with Crippen LogP contribution in [-0.2, 0) is 0 Å². The van der Waals surface area contributed by atoms with Gasteiger partial charge in [0.1, 0.15) is 0 Å². The second-order valence-corrected chi connectivity index (χ2v) is 4.76. The molecule has 0 fully saturated rings. The maximum atomic E-state index is 5.76. The predicted octanol–water partition coefficient (Wildman–Crippen LogP) is 2.73. The van der Waals surface area contributed by atoms with Crippen LogP contribution in [0.4, 0.5) is 5.69 Å². The first kappa shape index (κ1) is 12.0. The van der Waals surface area contributed by atoms with Gasteiger partial charge in [-0.25, -0.2) is 0 Å². The highest BCUT2D eigenvalue weighted by Gasteiger charge is 2.07. The molecule has 3 nitrogen and oxygen atoms in total. The minimum absolute atomic E-state index is 0.298. The van der Waals surface area contributed by atoms with E-state index in [1.165, 1.54) is 16.6 Å². The van der Waals surface area contributed by atoms with Crippen LogP contribution in [0.5, 0.6) is 0 Å². The van der Waals surface area contributed by atoms with Crippen molar-refractivity contribution >= 4 is 16.6 Å². The Bertz CT molecular complexity index is 473. The fourth-order valence-corrected chi connectivity index (χ4v) is 2.14. The van der Waals surface area contributed by atoms with Crippen LogP contribution in [0, 0.1) is 0 Å². The molecule has 0 bridgehead atoms. The van der Waals surface area contributed by atoms with E-state index in [9.17, 15) is 0 Å². The molecular formula is C14H21N3. The summed E-state index contributed by atoms with van der Waals surface area (Å²) >= 11 is 0. The Balaban J connectivity index is 2.06. The number of aromatic nitrogens is 1. The number of anilines is 1. The van der Waals surface area contributed by atoms with Crippen LogP contribution in [0.3, 0.4) is 0 Å². The van der Waals surface area contributed by atoms with Gasteiger partial charge in [-0.1, -0.05) is 18.2 Å². The molecular weight excluding hydrogens is 210 g/mol. The van der Waals surface area contributed by atoms with E-state index < -0.39 is 0 Å². The van der Waals surface area contributed by atoms with Crippen molar-refractivity contribution in [1.29, 1.82) is 0 Å². The number of nitrogens with one attached hydrogen (secondary N) is 1. The Labute approximate surface area is 103 Å². The van der Waals surface area contributed by atoms with Crippen LogP contribution in [0.2, 0.25) is 0 Å². The molecule has 1 aromatic carbocycles. The predicted molar refractivity (Wildman–Crippen MR) is 74.5 cm³/mol. The number of rotatable bonds is 5. The number of fused-ring (bicyclic) bond motifs is 1. The molecule has 1 heterocycles. The van der Waals surface area contributed by atoms with Crippen LogP contribution in [0.25, 0.3) is 10.9 Å². The van der Waals surface area contributed by atoms with Crippen molar-refractivity contribution in [3.63, 3.8) is 0 Å². The zero-order valence-corrected chi connectivity index (χ0v) is 10.6. The van der Waals surface area contributed by atoms with Crippen LogP contribution in [0.1, 0.15) is 19.8 Å². The summed E-state index contributed by atoms with van der Waals surface area (Å²) in [5, 5.41) is 1.29. The molecule has 0 aliphatic carbocycles. The molecule has 92 valence electrons. The molecule has 0 spiro atoms. The lowest BCUT2D eigenvalue weighted by Crippen LogP contribution is -2.21. The molecule has 1 aromatic heterocycles. The molecule has 0 saturated heterocycles. The number of hydrogen-bond acceptors (Lipinski definition) is 2. The molecule has 2 aromatic rings. The molecule has 3 N–H and O–H groups in total. The van der Waals surface area contributed by atoms with Crippen molar-refractivity contribution in [3.05, 3.63) is 30.5 Å². The topological polar surface area (TPSA) is 45.0 Å². The molecule has 3 heteroatoms. The third kappa shape index (κ3) is 2.80. The summed E-state index contributed by atoms with van der Waals surface area (Å²) in [5.74, 6) is 0. The van der Waals surface area contributed by atoms with E-state index in [1.807, 2.05) is 0 Å². The lowest BCUT2D eigenvalue weighted by Gasteiger charge is -2.18. The summed E-state index contributed by atoms with van der Waals surface area (Å²) in [7, 11) is 2.14. The number of benzene rings is 1. The van der Waals surface area contributed by atoms with Gasteiger partial charge < -0.3 is 15.6 Å². The Morgan fingerprint density at radius 1 is 1.35 bits per heavy atom. The average Bonchev–Trinajstić information content (AvgIpc) is 2.72. The Morgan fingerprint density at radius 2 is 2.12 bits per heavy atom. The summed E-state index contributed by atoms with van der Waals surface area (Å²) in [6, 6.07) is 8.69. The van der Waals surface area contributed by atoms with Crippen molar-refractivity contribution in [3.8, 4) is 0 Å². The first-order chi connectivity index (χ1) is 8.18. The highest BCUT2D eigenvalue weighted by Crippen LogP contribution is 2.25. The van der Waals surface area contributed by atoms with E-state index in [0.29, 0.717) is 6.04 Å². The fourth-order valence-electron chi connectivity index (χ4n) is 2.14. The van der Waals surface area contributed by atoms with Crippen molar-refractivity contribution < 1.29 is 0 Å². The Morgan fingerprint density at radius 3 is 2.88 bits per heavy atom. The van der Waals surface area contributed by atoms with Gasteiger partial charge in [-0.3, -0.25) is 0 Å². The summed E-state index contributed by atoms with van der Waals surface area (Å²) in [4.78, 5) is 5.59. The van der Waals surface area contributed by atoms with Gasteiger partial charge >= 0.3 is 0 Å². The summed E-state index contributed by atoms with van der Waals surface area (Å²) in [5.41, 5.74) is 8.23. The van der Waals surface area contributed by atoms with E-state index >= 15 is 0 Å².